The van der Waals surface area contributed by atoms with E-state index in [-0.39, 0.29) is 0 Å². The highest BCUT2D eigenvalue weighted by molar-refractivity contribution is 5.60. The Morgan fingerprint density at radius 3 is 2.73 bits per heavy atom. The number of unbranched alkanes of at least 4 members (excludes halogenated alkanes) is 2. The van der Waals surface area contributed by atoms with Crippen molar-refractivity contribution in [3.8, 4) is 0 Å². The maximum absolute atomic E-state index is 10.5. The van der Waals surface area contributed by atoms with Crippen molar-refractivity contribution in [1.29, 1.82) is 0 Å². The molecular formula is C8H15O3. The molecule has 0 aliphatic carbocycles. The van der Waals surface area contributed by atoms with Crippen LogP contribution >= 0.6 is 0 Å². The Morgan fingerprint density at radius 2 is 2.18 bits per heavy atom. The lowest BCUT2D eigenvalue weighted by Crippen LogP contribution is -2.05. The molecule has 11 heavy (non-hydrogen) atoms. The summed E-state index contributed by atoms with van der Waals surface area (Å²) in [7, 11) is 0. The van der Waals surface area contributed by atoms with Gasteiger partial charge in [-0.05, 0) is 13.3 Å². The van der Waals surface area contributed by atoms with Crippen molar-refractivity contribution in [1.82, 2.24) is 0 Å². The topological polar surface area (TPSA) is 35.5 Å². The summed E-state index contributed by atoms with van der Waals surface area (Å²) in [4.78, 5) is 10.5. The molecular weight excluding hydrogens is 144 g/mol. The minimum absolute atomic E-state index is 0.459. The van der Waals surface area contributed by atoms with Crippen LogP contribution in [0.15, 0.2) is 0 Å². The molecule has 0 aromatic carbocycles. The molecule has 0 bridgehead atoms. The highest BCUT2D eigenvalue weighted by Crippen LogP contribution is 1.95. The van der Waals surface area contributed by atoms with Crippen LogP contribution in [0.4, 0.5) is 4.79 Å². The van der Waals surface area contributed by atoms with E-state index < -0.39 is 6.16 Å². The van der Waals surface area contributed by atoms with Gasteiger partial charge >= 0.3 is 6.16 Å². The van der Waals surface area contributed by atoms with Gasteiger partial charge in [-0.15, -0.1) is 0 Å². The van der Waals surface area contributed by atoms with Gasteiger partial charge in [0.15, 0.2) is 0 Å². The lowest BCUT2D eigenvalue weighted by molar-refractivity contribution is 0.0735. The first-order valence-electron chi connectivity index (χ1n) is 3.92. The maximum atomic E-state index is 10.5. The molecule has 0 aliphatic rings. The molecule has 0 heterocycles. The van der Waals surface area contributed by atoms with Crippen LogP contribution in [0.25, 0.3) is 0 Å². The lowest BCUT2D eigenvalue weighted by atomic mass is 10.3. The predicted molar refractivity (Wildman–Crippen MR) is 41.9 cm³/mol. The molecule has 0 saturated heterocycles. The van der Waals surface area contributed by atoms with Crippen molar-refractivity contribution in [3.05, 3.63) is 6.61 Å². The average molecular weight is 159 g/mol. The zero-order valence-electron chi connectivity index (χ0n) is 7.13. The SMILES string of the molecule is C[CH]OC(=O)OCCCCC. The summed E-state index contributed by atoms with van der Waals surface area (Å²) in [5.41, 5.74) is 0. The van der Waals surface area contributed by atoms with E-state index in [2.05, 4.69) is 11.7 Å². The molecule has 0 aromatic heterocycles. The molecule has 0 atom stereocenters. The van der Waals surface area contributed by atoms with Gasteiger partial charge in [0.2, 0.25) is 0 Å². The van der Waals surface area contributed by atoms with Crippen LogP contribution in [0.1, 0.15) is 33.1 Å². The van der Waals surface area contributed by atoms with Crippen LogP contribution in [-0.2, 0) is 9.47 Å². The van der Waals surface area contributed by atoms with Crippen LogP contribution < -0.4 is 0 Å². The van der Waals surface area contributed by atoms with Gasteiger partial charge in [0.1, 0.15) is 6.61 Å². The van der Waals surface area contributed by atoms with E-state index in [9.17, 15) is 4.79 Å². The van der Waals surface area contributed by atoms with Crippen molar-refractivity contribution in [3.63, 3.8) is 0 Å². The summed E-state index contributed by atoms with van der Waals surface area (Å²) < 4.78 is 9.13. The first-order chi connectivity index (χ1) is 5.31. The Balaban J connectivity index is 3.04. The van der Waals surface area contributed by atoms with Crippen molar-refractivity contribution in [2.24, 2.45) is 0 Å². The lowest BCUT2D eigenvalue weighted by Gasteiger charge is -2.02. The second kappa shape index (κ2) is 7.38. The van der Waals surface area contributed by atoms with Crippen molar-refractivity contribution in [2.45, 2.75) is 33.1 Å². The number of rotatable bonds is 5. The third kappa shape index (κ3) is 7.16. The molecule has 3 heteroatoms. The summed E-state index contributed by atoms with van der Waals surface area (Å²) in [5, 5.41) is 0. The fourth-order valence-electron chi connectivity index (χ4n) is 0.638. The van der Waals surface area contributed by atoms with Crippen LogP contribution in [0.5, 0.6) is 0 Å². The highest BCUT2D eigenvalue weighted by Gasteiger charge is 1.99. The summed E-state index contributed by atoms with van der Waals surface area (Å²) in [6.45, 7) is 5.49. The molecule has 1 radical (unpaired) electrons. The van der Waals surface area contributed by atoms with Crippen molar-refractivity contribution in [2.75, 3.05) is 6.61 Å². The molecule has 0 aromatic rings. The van der Waals surface area contributed by atoms with Gasteiger partial charge in [0, 0.05) is 0 Å². The third-order valence-corrected chi connectivity index (χ3v) is 1.18. The number of carbonyl (C=O) groups is 1. The third-order valence-electron chi connectivity index (χ3n) is 1.18. The number of carbonyl (C=O) groups excluding carboxylic acids is 1. The van der Waals surface area contributed by atoms with E-state index >= 15 is 0 Å². The molecule has 3 nitrogen and oxygen atoms in total. The van der Waals surface area contributed by atoms with Gasteiger partial charge in [0.25, 0.3) is 0 Å². The van der Waals surface area contributed by atoms with E-state index in [4.69, 9.17) is 4.74 Å². The van der Waals surface area contributed by atoms with Crippen LogP contribution in [0, 0.1) is 6.61 Å². The largest absolute Gasteiger partial charge is 0.508 e. The summed E-state index contributed by atoms with van der Waals surface area (Å²) in [6.07, 6.45) is 2.51. The predicted octanol–water partition coefficient (Wildman–Crippen LogP) is 2.51. The van der Waals surface area contributed by atoms with Gasteiger partial charge in [0.05, 0.1) is 6.61 Å². The van der Waals surface area contributed by atoms with Crippen molar-refractivity contribution >= 4 is 6.16 Å². The molecule has 0 N–H and O–H groups in total. The van der Waals surface area contributed by atoms with Gasteiger partial charge in [-0.2, -0.15) is 0 Å². The fraction of sp³-hybridized carbons (Fsp3) is 0.750. The van der Waals surface area contributed by atoms with E-state index in [0.29, 0.717) is 6.61 Å². The van der Waals surface area contributed by atoms with E-state index in [1.54, 1.807) is 6.92 Å². The summed E-state index contributed by atoms with van der Waals surface area (Å²) >= 11 is 0. The van der Waals surface area contributed by atoms with E-state index in [1.165, 1.54) is 6.61 Å². The number of ether oxygens (including phenoxy) is 2. The second-order valence-corrected chi connectivity index (χ2v) is 2.16. The van der Waals surface area contributed by atoms with Crippen molar-refractivity contribution < 1.29 is 14.3 Å². The van der Waals surface area contributed by atoms with E-state index in [0.717, 1.165) is 19.3 Å². The Kier molecular flexibility index (Phi) is 6.89. The van der Waals surface area contributed by atoms with Gasteiger partial charge in [-0.25, -0.2) is 4.79 Å². The number of hydrogen-bond donors (Lipinski definition) is 0. The fourth-order valence-corrected chi connectivity index (χ4v) is 0.638. The Bertz CT molecular complexity index is 102. The molecule has 0 rings (SSSR count). The summed E-state index contributed by atoms with van der Waals surface area (Å²) in [5.74, 6) is 0. The van der Waals surface area contributed by atoms with Gasteiger partial charge in [-0.3, -0.25) is 0 Å². The van der Waals surface area contributed by atoms with Crippen LogP contribution in [0.2, 0.25) is 0 Å². The standard InChI is InChI=1S/C8H15O3/c1-3-5-6-7-11-8(9)10-4-2/h4H,3,5-7H2,1-2H3. The van der Waals surface area contributed by atoms with Crippen LogP contribution in [-0.4, -0.2) is 12.8 Å². The second-order valence-electron chi connectivity index (χ2n) is 2.16. The van der Waals surface area contributed by atoms with E-state index in [1.807, 2.05) is 0 Å². The molecule has 65 valence electrons. The van der Waals surface area contributed by atoms with Gasteiger partial charge in [-0.1, -0.05) is 19.8 Å². The Labute approximate surface area is 67.7 Å². The van der Waals surface area contributed by atoms with Gasteiger partial charge < -0.3 is 9.47 Å². The molecule has 0 spiro atoms. The molecule has 0 unspecified atom stereocenters. The minimum atomic E-state index is -0.608. The molecule has 0 fully saturated rings. The quantitative estimate of drug-likeness (QED) is 0.456. The summed E-state index contributed by atoms with van der Waals surface area (Å²) in [6, 6.07) is 0. The Morgan fingerprint density at radius 1 is 1.45 bits per heavy atom. The Hall–Kier alpha value is -0.730. The molecule has 0 saturated carbocycles. The average Bonchev–Trinajstić information content (AvgIpc) is 1.99. The molecule has 0 aliphatic heterocycles. The smallest absolute Gasteiger partial charge is 0.434 e. The molecule has 0 amide bonds. The monoisotopic (exact) mass is 159 g/mol. The zero-order chi connectivity index (χ0) is 8.53. The zero-order valence-corrected chi connectivity index (χ0v) is 7.13. The highest BCUT2D eigenvalue weighted by atomic mass is 16.7. The normalized spacial score (nSPS) is 9.27. The number of hydrogen-bond acceptors (Lipinski definition) is 3. The minimum Gasteiger partial charge on any atom is -0.434 e. The first-order valence-corrected chi connectivity index (χ1v) is 3.92. The van der Waals surface area contributed by atoms with Crippen LogP contribution in [0.3, 0.4) is 0 Å². The first kappa shape index (κ1) is 10.3. The maximum Gasteiger partial charge on any atom is 0.508 e.